The molecule has 1 amide bonds. The number of carbonyl (C=O) groups is 3. The van der Waals surface area contributed by atoms with Crippen LogP contribution in [0.3, 0.4) is 0 Å². The van der Waals surface area contributed by atoms with Gasteiger partial charge < -0.3 is 15.5 Å². The Morgan fingerprint density at radius 3 is 1.59 bits per heavy atom. The lowest BCUT2D eigenvalue weighted by Gasteiger charge is -2.31. The smallest absolute Gasteiger partial charge is 0.329 e. The van der Waals surface area contributed by atoms with Crippen molar-refractivity contribution in [2.75, 3.05) is 0 Å². The SMILES string of the molecule is CCCCCCCCCCCCCCCC(=O)N[C@@](C)(C(=O)O)C(C)CC(=O)O. The summed E-state index contributed by atoms with van der Waals surface area (Å²) in [6, 6.07) is 0. The molecule has 0 aliphatic carbocycles. The molecule has 0 aromatic rings. The minimum absolute atomic E-state index is 0.278. The lowest BCUT2D eigenvalue weighted by molar-refractivity contribution is -0.151. The highest BCUT2D eigenvalue weighted by Gasteiger charge is 2.41. The van der Waals surface area contributed by atoms with Gasteiger partial charge in [0.15, 0.2) is 0 Å². The molecule has 1 unspecified atom stereocenters. The highest BCUT2D eigenvalue weighted by Crippen LogP contribution is 2.21. The first kappa shape index (κ1) is 27.4. The molecule has 29 heavy (non-hydrogen) atoms. The van der Waals surface area contributed by atoms with Crippen molar-refractivity contribution in [3.8, 4) is 0 Å². The highest BCUT2D eigenvalue weighted by atomic mass is 16.4. The van der Waals surface area contributed by atoms with Gasteiger partial charge in [-0.25, -0.2) is 4.79 Å². The topological polar surface area (TPSA) is 104 Å². The van der Waals surface area contributed by atoms with Crippen LogP contribution in [0.4, 0.5) is 0 Å². The Kier molecular flexibility index (Phi) is 15.3. The van der Waals surface area contributed by atoms with Gasteiger partial charge in [-0.1, -0.05) is 90.9 Å². The maximum Gasteiger partial charge on any atom is 0.329 e. The monoisotopic (exact) mass is 413 g/mol. The number of aliphatic carboxylic acids is 2. The number of unbranched alkanes of at least 4 members (excludes halogenated alkanes) is 12. The molecule has 170 valence electrons. The quantitative estimate of drug-likeness (QED) is 0.241. The summed E-state index contributed by atoms with van der Waals surface area (Å²) in [6.07, 6.45) is 15.9. The minimum Gasteiger partial charge on any atom is -0.481 e. The molecule has 3 N–H and O–H groups in total. The maximum absolute atomic E-state index is 12.1. The van der Waals surface area contributed by atoms with Gasteiger partial charge in [0.1, 0.15) is 5.54 Å². The van der Waals surface area contributed by atoms with E-state index in [2.05, 4.69) is 12.2 Å². The fourth-order valence-electron chi connectivity index (χ4n) is 3.51. The number of carboxylic acids is 2. The van der Waals surface area contributed by atoms with Crippen LogP contribution in [0, 0.1) is 5.92 Å². The first-order valence-electron chi connectivity index (χ1n) is 11.5. The summed E-state index contributed by atoms with van der Waals surface area (Å²) in [5, 5.41) is 20.9. The third kappa shape index (κ3) is 13.3. The third-order valence-electron chi connectivity index (χ3n) is 5.82. The van der Waals surface area contributed by atoms with E-state index in [0.29, 0.717) is 0 Å². The van der Waals surface area contributed by atoms with Crippen LogP contribution < -0.4 is 5.32 Å². The molecule has 0 aromatic carbocycles. The fraction of sp³-hybridized carbons (Fsp3) is 0.870. The number of hydrogen-bond donors (Lipinski definition) is 3. The Bertz CT molecular complexity index is 480. The van der Waals surface area contributed by atoms with Gasteiger partial charge in [-0.15, -0.1) is 0 Å². The number of amides is 1. The third-order valence-corrected chi connectivity index (χ3v) is 5.82. The summed E-state index contributed by atoms with van der Waals surface area (Å²) in [7, 11) is 0. The second-order valence-electron chi connectivity index (χ2n) is 8.55. The number of hydrogen-bond acceptors (Lipinski definition) is 3. The van der Waals surface area contributed by atoms with Gasteiger partial charge in [0.05, 0.1) is 6.42 Å². The average Bonchev–Trinajstić information content (AvgIpc) is 2.64. The number of carbonyl (C=O) groups excluding carboxylic acids is 1. The molecule has 0 aliphatic rings. The van der Waals surface area contributed by atoms with Gasteiger partial charge in [-0.3, -0.25) is 9.59 Å². The van der Waals surface area contributed by atoms with Crippen molar-refractivity contribution >= 4 is 17.8 Å². The molecule has 0 fully saturated rings. The molecule has 0 aromatic heterocycles. The van der Waals surface area contributed by atoms with Crippen LogP contribution in [-0.4, -0.2) is 33.6 Å². The summed E-state index contributed by atoms with van der Waals surface area (Å²) in [5.74, 6) is -3.30. The highest BCUT2D eigenvalue weighted by molar-refractivity contribution is 5.87. The predicted octanol–water partition coefficient (Wildman–Crippen LogP) is 5.54. The van der Waals surface area contributed by atoms with Crippen molar-refractivity contribution in [2.45, 2.75) is 123 Å². The lowest BCUT2D eigenvalue weighted by atomic mass is 9.84. The zero-order valence-electron chi connectivity index (χ0n) is 18.8. The molecule has 0 saturated carbocycles. The second kappa shape index (κ2) is 16.2. The van der Waals surface area contributed by atoms with Gasteiger partial charge in [0, 0.05) is 12.3 Å². The summed E-state index contributed by atoms with van der Waals surface area (Å²) >= 11 is 0. The Morgan fingerprint density at radius 1 is 0.793 bits per heavy atom. The van der Waals surface area contributed by atoms with Crippen molar-refractivity contribution in [1.82, 2.24) is 5.32 Å². The molecule has 6 heteroatoms. The van der Waals surface area contributed by atoms with Crippen molar-refractivity contribution in [3.63, 3.8) is 0 Å². The molecule has 0 saturated heterocycles. The molecule has 0 spiro atoms. The van der Waals surface area contributed by atoms with E-state index in [0.717, 1.165) is 19.3 Å². The summed E-state index contributed by atoms with van der Waals surface area (Å²) in [4.78, 5) is 34.6. The Morgan fingerprint density at radius 2 is 1.21 bits per heavy atom. The number of rotatable bonds is 19. The van der Waals surface area contributed by atoms with E-state index in [-0.39, 0.29) is 18.7 Å². The van der Waals surface area contributed by atoms with Crippen molar-refractivity contribution in [2.24, 2.45) is 5.92 Å². The van der Waals surface area contributed by atoms with Gasteiger partial charge in [0.25, 0.3) is 0 Å². The van der Waals surface area contributed by atoms with Crippen LogP contribution in [0.2, 0.25) is 0 Å². The molecule has 6 nitrogen and oxygen atoms in total. The molecule has 0 radical (unpaired) electrons. The van der Waals surface area contributed by atoms with E-state index < -0.39 is 23.4 Å². The first-order chi connectivity index (χ1) is 13.7. The van der Waals surface area contributed by atoms with Gasteiger partial charge in [-0.05, 0) is 13.3 Å². The normalized spacial score (nSPS) is 14.2. The Labute approximate surface area is 176 Å². The second-order valence-corrected chi connectivity index (χ2v) is 8.55. The lowest BCUT2D eigenvalue weighted by Crippen LogP contribution is -2.56. The Balaban J connectivity index is 3.82. The van der Waals surface area contributed by atoms with Crippen molar-refractivity contribution in [3.05, 3.63) is 0 Å². The molecular weight excluding hydrogens is 370 g/mol. The first-order valence-corrected chi connectivity index (χ1v) is 11.5. The van der Waals surface area contributed by atoms with E-state index >= 15 is 0 Å². The minimum atomic E-state index is -1.56. The molecule has 0 bridgehead atoms. The van der Waals surface area contributed by atoms with Gasteiger partial charge >= 0.3 is 11.9 Å². The Hall–Kier alpha value is -1.59. The van der Waals surface area contributed by atoms with Crippen LogP contribution in [0.25, 0.3) is 0 Å². The molecule has 0 aliphatic heterocycles. The summed E-state index contributed by atoms with van der Waals surface area (Å²) in [5.41, 5.74) is -1.56. The zero-order chi connectivity index (χ0) is 22.1. The molecule has 0 rings (SSSR count). The van der Waals surface area contributed by atoms with E-state index in [1.165, 1.54) is 78.1 Å². The standard InChI is InChI=1S/C23H43NO5/c1-4-5-6-7-8-9-10-11-12-13-14-15-16-17-20(25)24-23(3,22(28)29)19(2)18-21(26)27/h19H,4-18H2,1-3H3,(H,24,25)(H,26,27)(H,28,29)/t19?,23-/m1/s1. The van der Waals surface area contributed by atoms with Gasteiger partial charge in [0.2, 0.25) is 5.91 Å². The van der Waals surface area contributed by atoms with E-state index in [1.54, 1.807) is 0 Å². The number of carboxylic acid groups (broad SMARTS) is 2. The van der Waals surface area contributed by atoms with E-state index in [1.807, 2.05) is 0 Å². The maximum atomic E-state index is 12.1. The average molecular weight is 414 g/mol. The largest absolute Gasteiger partial charge is 0.481 e. The van der Waals surface area contributed by atoms with Crippen LogP contribution >= 0.6 is 0 Å². The fourth-order valence-corrected chi connectivity index (χ4v) is 3.51. The van der Waals surface area contributed by atoms with E-state index in [4.69, 9.17) is 5.11 Å². The predicted molar refractivity (Wildman–Crippen MR) is 116 cm³/mol. The van der Waals surface area contributed by atoms with E-state index in [9.17, 15) is 19.5 Å². The molecule has 0 heterocycles. The van der Waals surface area contributed by atoms with Crippen molar-refractivity contribution < 1.29 is 24.6 Å². The summed E-state index contributed by atoms with van der Waals surface area (Å²) in [6.45, 7) is 5.15. The van der Waals surface area contributed by atoms with Crippen LogP contribution in [-0.2, 0) is 14.4 Å². The summed E-state index contributed by atoms with van der Waals surface area (Å²) < 4.78 is 0. The zero-order valence-corrected chi connectivity index (χ0v) is 18.8. The van der Waals surface area contributed by atoms with Crippen LogP contribution in [0.1, 0.15) is 117 Å². The van der Waals surface area contributed by atoms with Crippen molar-refractivity contribution in [1.29, 1.82) is 0 Å². The molecular formula is C23H43NO5. The van der Waals surface area contributed by atoms with Crippen LogP contribution in [0.5, 0.6) is 0 Å². The molecule has 2 atom stereocenters. The van der Waals surface area contributed by atoms with Gasteiger partial charge in [-0.2, -0.15) is 0 Å². The van der Waals surface area contributed by atoms with Crippen LogP contribution in [0.15, 0.2) is 0 Å². The number of nitrogens with one attached hydrogen (secondary N) is 1.